The van der Waals surface area contributed by atoms with Gasteiger partial charge in [-0.15, -0.1) is 0 Å². The van der Waals surface area contributed by atoms with E-state index in [1.54, 1.807) is 17.3 Å². The molecule has 0 saturated carbocycles. The number of aromatic nitrogens is 1. The summed E-state index contributed by atoms with van der Waals surface area (Å²) >= 11 is 0. The molecule has 3 heterocycles. The van der Waals surface area contributed by atoms with Crippen LogP contribution in [0.3, 0.4) is 0 Å². The van der Waals surface area contributed by atoms with Crippen molar-refractivity contribution in [3.05, 3.63) is 30.1 Å². The van der Waals surface area contributed by atoms with E-state index < -0.39 is 5.60 Å². The Hall–Kier alpha value is -2.35. The van der Waals surface area contributed by atoms with Crippen LogP contribution in [0.2, 0.25) is 0 Å². The van der Waals surface area contributed by atoms with Crippen molar-refractivity contribution >= 4 is 12.1 Å². The van der Waals surface area contributed by atoms with Crippen molar-refractivity contribution in [3.8, 4) is 0 Å². The van der Waals surface area contributed by atoms with Crippen LogP contribution in [0, 0.1) is 0 Å². The zero-order valence-electron chi connectivity index (χ0n) is 19.3. The minimum absolute atomic E-state index is 0.302. The summed E-state index contributed by atoms with van der Waals surface area (Å²) < 4.78 is 11.5. The third kappa shape index (κ3) is 7.38. The highest BCUT2D eigenvalue weighted by atomic mass is 16.6. The normalized spacial score (nSPS) is 23.0. The standard InChI is InChI=1S/C23H37N5O3/c1-5-25-21(27-19-14-18-9-10-20(19)30-18)26-12-7-13-28(22(29)31-23(2,3)4)16-17-8-6-11-24-15-17/h6,8,11,15,18-20H,5,7,9-10,12-14,16H2,1-4H3,(H2,25,26,27). The molecule has 2 aliphatic heterocycles. The molecule has 1 aromatic rings. The molecule has 2 N–H and O–H groups in total. The van der Waals surface area contributed by atoms with Crippen LogP contribution in [0.1, 0.15) is 58.9 Å². The summed E-state index contributed by atoms with van der Waals surface area (Å²) in [5, 5.41) is 6.85. The quantitative estimate of drug-likeness (QED) is 0.374. The van der Waals surface area contributed by atoms with E-state index in [1.165, 1.54) is 6.42 Å². The third-order valence-corrected chi connectivity index (χ3v) is 5.38. The molecule has 1 aromatic heterocycles. The van der Waals surface area contributed by atoms with E-state index in [1.807, 2.05) is 32.9 Å². The second-order valence-electron chi connectivity index (χ2n) is 9.24. The molecule has 31 heavy (non-hydrogen) atoms. The highest BCUT2D eigenvalue weighted by Gasteiger charge is 2.41. The fraction of sp³-hybridized carbons (Fsp3) is 0.696. The first kappa shape index (κ1) is 23.3. The van der Waals surface area contributed by atoms with Gasteiger partial charge in [-0.25, -0.2) is 4.79 Å². The number of amides is 1. The number of aliphatic imine (C=N–C) groups is 1. The zero-order chi connectivity index (χ0) is 22.3. The molecule has 3 unspecified atom stereocenters. The van der Waals surface area contributed by atoms with E-state index in [-0.39, 0.29) is 6.09 Å². The molecule has 2 saturated heterocycles. The number of pyridine rings is 1. The van der Waals surface area contributed by atoms with E-state index in [4.69, 9.17) is 14.5 Å². The predicted molar refractivity (Wildman–Crippen MR) is 121 cm³/mol. The van der Waals surface area contributed by atoms with Gasteiger partial charge in [0, 0.05) is 32.0 Å². The first-order valence-electron chi connectivity index (χ1n) is 11.4. The van der Waals surface area contributed by atoms with Crippen LogP contribution in [0.5, 0.6) is 0 Å². The molecule has 3 atom stereocenters. The Morgan fingerprint density at radius 3 is 2.84 bits per heavy atom. The average molecular weight is 432 g/mol. The molecule has 0 radical (unpaired) electrons. The smallest absolute Gasteiger partial charge is 0.410 e. The predicted octanol–water partition coefficient (Wildman–Crippen LogP) is 3.08. The van der Waals surface area contributed by atoms with Crippen molar-refractivity contribution in [2.24, 2.45) is 4.99 Å². The number of nitrogens with zero attached hydrogens (tertiary/aromatic N) is 3. The third-order valence-electron chi connectivity index (χ3n) is 5.38. The molecule has 0 aliphatic carbocycles. The lowest BCUT2D eigenvalue weighted by Crippen LogP contribution is -2.47. The largest absolute Gasteiger partial charge is 0.444 e. The fourth-order valence-electron chi connectivity index (χ4n) is 4.01. The van der Waals surface area contributed by atoms with E-state index in [0.29, 0.717) is 37.9 Å². The van der Waals surface area contributed by atoms with Crippen molar-refractivity contribution in [1.82, 2.24) is 20.5 Å². The minimum Gasteiger partial charge on any atom is -0.444 e. The number of carbonyl (C=O) groups is 1. The number of carbonyl (C=O) groups excluding carboxylic acids is 1. The second-order valence-corrected chi connectivity index (χ2v) is 9.24. The molecular weight excluding hydrogens is 394 g/mol. The Balaban J connectivity index is 1.54. The molecule has 2 aliphatic rings. The van der Waals surface area contributed by atoms with Gasteiger partial charge in [-0.1, -0.05) is 6.07 Å². The van der Waals surface area contributed by atoms with Crippen LogP contribution >= 0.6 is 0 Å². The van der Waals surface area contributed by atoms with Gasteiger partial charge in [0.2, 0.25) is 0 Å². The van der Waals surface area contributed by atoms with E-state index >= 15 is 0 Å². The molecule has 3 rings (SSSR count). The summed E-state index contributed by atoms with van der Waals surface area (Å²) in [6.07, 6.45) is 7.98. The van der Waals surface area contributed by atoms with Gasteiger partial charge in [0.25, 0.3) is 0 Å². The number of ether oxygens (including phenoxy) is 2. The van der Waals surface area contributed by atoms with E-state index in [0.717, 1.165) is 37.3 Å². The van der Waals surface area contributed by atoms with Gasteiger partial charge in [0.15, 0.2) is 5.96 Å². The highest BCUT2D eigenvalue weighted by molar-refractivity contribution is 5.80. The maximum absolute atomic E-state index is 12.7. The summed E-state index contributed by atoms with van der Waals surface area (Å²) in [6.45, 7) is 10.1. The van der Waals surface area contributed by atoms with Gasteiger partial charge in [0.05, 0.1) is 24.8 Å². The Morgan fingerprint density at radius 1 is 1.39 bits per heavy atom. The second kappa shape index (κ2) is 10.8. The summed E-state index contributed by atoms with van der Waals surface area (Å²) in [6, 6.07) is 4.17. The van der Waals surface area contributed by atoms with Crippen LogP contribution in [-0.4, -0.2) is 65.4 Å². The van der Waals surface area contributed by atoms with Crippen LogP contribution in [0.15, 0.2) is 29.5 Å². The van der Waals surface area contributed by atoms with Crippen LogP contribution in [0.4, 0.5) is 4.79 Å². The topological polar surface area (TPSA) is 88.1 Å². The van der Waals surface area contributed by atoms with Gasteiger partial charge in [0.1, 0.15) is 5.60 Å². The first-order chi connectivity index (χ1) is 14.8. The fourth-order valence-corrected chi connectivity index (χ4v) is 4.01. The van der Waals surface area contributed by atoms with Gasteiger partial charge in [-0.3, -0.25) is 9.98 Å². The first-order valence-corrected chi connectivity index (χ1v) is 11.4. The van der Waals surface area contributed by atoms with E-state index in [2.05, 4.69) is 22.5 Å². The van der Waals surface area contributed by atoms with Gasteiger partial charge >= 0.3 is 6.09 Å². The zero-order valence-corrected chi connectivity index (χ0v) is 19.3. The summed E-state index contributed by atoms with van der Waals surface area (Å²) in [5.74, 6) is 0.819. The van der Waals surface area contributed by atoms with Crippen molar-refractivity contribution in [2.45, 2.75) is 83.8 Å². The molecule has 8 heteroatoms. The number of hydrogen-bond donors (Lipinski definition) is 2. The van der Waals surface area contributed by atoms with Crippen molar-refractivity contribution in [1.29, 1.82) is 0 Å². The van der Waals surface area contributed by atoms with E-state index in [9.17, 15) is 4.79 Å². The molecule has 0 spiro atoms. The van der Waals surface area contributed by atoms with Crippen LogP contribution in [-0.2, 0) is 16.0 Å². The number of fused-ring (bicyclic) bond motifs is 2. The lowest BCUT2D eigenvalue weighted by Gasteiger charge is -2.27. The molecule has 172 valence electrons. The number of hydrogen-bond acceptors (Lipinski definition) is 5. The van der Waals surface area contributed by atoms with Crippen molar-refractivity contribution in [2.75, 3.05) is 19.6 Å². The number of guanidine groups is 1. The average Bonchev–Trinajstić information content (AvgIpc) is 3.33. The number of rotatable bonds is 8. The van der Waals surface area contributed by atoms with Gasteiger partial charge in [-0.05, 0) is 65.0 Å². The molecule has 8 nitrogen and oxygen atoms in total. The summed E-state index contributed by atoms with van der Waals surface area (Å²) in [4.78, 5) is 23.3. The molecule has 2 fully saturated rings. The summed E-state index contributed by atoms with van der Waals surface area (Å²) in [5.41, 5.74) is 0.441. The summed E-state index contributed by atoms with van der Waals surface area (Å²) in [7, 11) is 0. The van der Waals surface area contributed by atoms with Crippen molar-refractivity contribution in [3.63, 3.8) is 0 Å². The minimum atomic E-state index is -0.534. The maximum atomic E-state index is 12.7. The Morgan fingerprint density at radius 2 is 2.23 bits per heavy atom. The molecular formula is C23H37N5O3. The Bertz CT molecular complexity index is 734. The van der Waals surface area contributed by atoms with Gasteiger partial charge in [-0.2, -0.15) is 0 Å². The molecule has 0 aromatic carbocycles. The van der Waals surface area contributed by atoms with Crippen LogP contribution in [0.25, 0.3) is 0 Å². The highest BCUT2D eigenvalue weighted by Crippen LogP contribution is 2.34. The Labute approximate surface area is 185 Å². The number of nitrogens with one attached hydrogen (secondary N) is 2. The molecule has 1 amide bonds. The van der Waals surface area contributed by atoms with Crippen LogP contribution < -0.4 is 10.6 Å². The lowest BCUT2D eigenvalue weighted by atomic mass is 9.96. The van der Waals surface area contributed by atoms with Gasteiger partial charge < -0.3 is 25.0 Å². The monoisotopic (exact) mass is 431 g/mol. The lowest BCUT2D eigenvalue weighted by molar-refractivity contribution is 0.0232. The van der Waals surface area contributed by atoms with Crippen molar-refractivity contribution < 1.29 is 14.3 Å². The molecule has 2 bridgehead atoms. The SMILES string of the molecule is CCNC(=NCCCN(Cc1cccnc1)C(=O)OC(C)(C)C)NC1CC2CCC1O2. The Kier molecular flexibility index (Phi) is 8.12. The maximum Gasteiger partial charge on any atom is 0.410 e.